The van der Waals surface area contributed by atoms with E-state index in [1.807, 2.05) is 11.8 Å². The van der Waals surface area contributed by atoms with Crippen LogP contribution in [-0.4, -0.2) is 49.0 Å². The predicted molar refractivity (Wildman–Crippen MR) is 68.2 cm³/mol. The molecule has 1 aliphatic heterocycles. The van der Waals surface area contributed by atoms with Crippen LogP contribution in [-0.2, 0) is 11.3 Å². The van der Waals surface area contributed by atoms with Crippen molar-refractivity contribution in [2.24, 2.45) is 0 Å². The molecule has 1 fully saturated rings. The van der Waals surface area contributed by atoms with Gasteiger partial charge in [0, 0.05) is 25.8 Å². The number of aliphatic hydroxyl groups is 1. The molecule has 2 atom stereocenters. The Bertz CT molecular complexity index is 472. The number of likely N-dealkylation sites (tertiary alicyclic amines) is 1. The highest BCUT2D eigenvalue weighted by molar-refractivity contribution is 5.17. The van der Waals surface area contributed by atoms with E-state index in [0.29, 0.717) is 32.0 Å². The second kappa shape index (κ2) is 6.18. The third-order valence-electron chi connectivity index (χ3n) is 3.14. The van der Waals surface area contributed by atoms with Gasteiger partial charge in [0.25, 0.3) is 0 Å². The van der Waals surface area contributed by atoms with Crippen molar-refractivity contribution in [1.82, 2.24) is 4.90 Å². The summed E-state index contributed by atoms with van der Waals surface area (Å²) in [5.74, 6) is 0.743. The van der Waals surface area contributed by atoms with Crippen molar-refractivity contribution in [1.29, 1.82) is 0 Å². The number of hydrogen-bond acceptors (Lipinski definition) is 6. The Labute approximate surface area is 111 Å². The molecule has 0 bridgehead atoms. The van der Waals surface area contributed by atoms with Gasteiger partial charge >= 0.3 is 0 Å². The monoisotopic (exact) mass is 269 g/mol. The summed E-state index contributed by atoms with van der Waals surface area (Å²) in [7, 11) is 1.43. The highest BCUT2D eigenvalue weighted by Gasteiger charge is 2.32. The van der Waals surface area contributed by atoms with Crippen molar-refractivity contribution in [3.8, 4) is 5.75 Å². The van der Waals surface area contributed by atoms with Crippen LogP contribution < -0.4 is 10.2 Å². The van der Waals surface area contributed by atoms with Crippen LogP contribution in [0.5, 0.6) is 5.75 Å². The third kappa shape index (κ3) is 3.34. The second-order valence-electron chi connectivity index (χ2n) is 4.53. The summed E-state index contributed by atoms with van der Waals surface area (Å²) < 4.78 is 15.6. The van der Waals surface area contributed by atoms with E-state index >= 15 is 0 Å². The van der Waals surface area contributed by atoms with E-state index in [0.717, 1.165) is 0 Å². The molecule has 6 heteroatoms. The van der Waals surface area contributed by atoms with Crippen molar-refractivity contribution in [3.05, 3.63) is 28.3 Å². The first-order valence-electron chi connectivity index (χ1n) is 6.31. The Morgan fingerprint density at radius 3 is 2.95 bits per heavy atom. The van der Waals surface area contributed by atoms with Gasteiger partial charge in [-0.2, -0.15) is 0 Å². The third-order valence-corrected chi connectivity index (χ3v) is 3.14. The van der Waals surface area contributed by atoms with Crippen LogP contribution in [0.4, 0.5) is 0 Å². The molecule has 0 amide bonds. The fourth-order valence-corrected chi connectivity index (χ4v) is 2.23. The molecule has 1 saturated heterocycles. The van der Waals surface area contributed by atoms with Crippen LogP contribution >= 0.6 is 0 Å². The molecule has 1 aromatic heterocycles. The summed E-state index contributed by atoms with van der Waals surface area (Å²) >= 11 is 0. The van der Waals surface area contributed by atoms with E-state index in [4.69, 9.17) is 13.9 Å². The molecule has 0 aromatic carbocycles. The molecule has 6 nitrogen and oxygen atoms in total. The van der Waals surface area contributed by atoms with Crippen LogP contribution in [0.2, 0.25) is 0 Å². The maximum Gasteiger partial charge on any atom is 0.227 e. The van der Waals surface area contributed by atoms with Crippen molar-refractivity contribution >= 4 is 0 Å². The molecular formula is C13H19NO5. The molecule has 0 saturated carbocycles. The van der Waals surface area contributed by atoms with Gasteiger partial charge in [-0.1, -0.05) is 0 Å². The maximum atomic E-state index is 11.6. The summed E-state index contributed by atoms with van der Waals surface area (Å²) in [5.41, 5.74) is -0.204. The van der Waals surface area contributed by atoms with Gasteiger partial charge in [-0.15, -0.1) is 0 Å². The van der Waals surface area contributed by atoms with E-state index < -0.39 is 6.10 Å². The number of ether oxygens (including phenoxy) is 2. The van der Waals surface area contributed by atoms with Crippen molar-refractivity contribution in [2.75, 3.05) is 26.8 Å². The first-order chi connectivity index (χ1) is 9.13. The molecule has 1 N–H and O–H groups in total. The van der Waals surface area contributed by atoms with E-state index in [1.165, 1.54) is 19.4 Å². The van der Waals surface area contributed by atoms with Crippen LogP contribution in [0, 0.1) is 0 Å². The molecule has 0 radical (unpaired) electrons. The predicted octanol–water partition coefficient (Wildman–Crippen LogP) is 0.230. The van der Waals surface area contributed by atoms with Gasteiger partial charge in [0.1, 0.15) is 12.0 Å². The smallest absolute Gasteiger partial charge is 0.227 e. The van der Waals surface area contributed by atoms with Gasteiger partial charge in [-0.3, -0.25) is 9.69 Å². The van der Waals surface area contributed by atoms with E-state index in [1.54, 1.807) is 0 Å². The lowest BCUT2D eigenvalue weighted by molar-refractivity contribution is -0.00247. The summed E-state index contributed by atoms with van der Waals surface area (Å²) in [6, 6.07) is 1.42. The Kier molecular flexibility index (Phi) is 4.57. The standard InChI is InChI=1S/C13H19NO5/c1-3-18-12-7-14(6-11(12)16)5-9-4-10(15)13(17-2)8-19-9/h4,8,11-12,16H,3,5-7H2,1-2H3/t11-,12-/m1/s1. The van der Waals surface area contributed by atoms with E-state index in [-0.39, 0.29) is 17.3 Å². The maximum absolute atomic E-state index is 11.6. The summed E-state index contributed by atoms with van der Waals surface area (Å²) in [4.78, 5) is 13.6. The van der Waals surface area contributed by atoms with Crippen molar-refractivity contribution < 1.29 is 19.0 Å². The molecule has 1 aromatic rings. The van der Waals surface area contributed by atoms with Crippen molar-refractivity contribution in [3.63, 3.8) is 0 Å². The van der Waals surface area contributed by atoms with E-state index in [2.05, 4.69) is 0 Å². The highest BCUT2D eigenvalue weighted by Crippen LogP contribution is 2.16. The average Bonchev–Trinajstić information content (AvgIpc) is 2.70. The van der Waals surface area contributed by atoms with Gasteiger partial charge < -0.3 is 19.0 Å². The lowest BCUT2D eigenvalue weighted by atomic mass is 10.3. The molecule has 0 spiro atoms. The Morgan fingerprint density at radius 2 is 2.32 bits per heavy atom. The first-order valence-corrected chi connectivity index (χ1v) is 6.31. The van der Waals surface area contributed by atoms with Crippen LogP contribution in [0.1, 0.15) is 12.7 Å². The number of aliphatic hydroxyl groups excluding tert-OH is 1. The fourth-order valence-electron chi connectivity index (χ4n) is 2.23. The fraction of sp³-hybridized carbons (Fsp3) is 0.615. The Balaban J connectivity index is 1.99. The largest absolute Gasteiger partial charge is 0.490 e. The van der Waals surface area contributed by atoms with Gasteiger partial charge in [0.15, 0.2) is 0 Å². The minimum absolute atomic E-state index is 0.171. The molecule has 19 heavy (non-hydrogen) atoms. The zero-order chi connectivity index (χ0) is 13.8. The molecule has 0 aliphatic carbocycles. The summed E-state index contributed by atoms with van der Waals surface area (Å²) in [6.45, 7) is 4.09. The second-order valence-corrected chi connectivity index (χ2v) is 4.53. The molecule has 2 heterocycles. The number of rotatable bonds is 5. The zero-order valence-electron chi connectivity index (χ0n) is 11.2. The lowest BCUT2D eigenvalue weighted by Crippen LogP contribution is -2.26. The molecule has 106 valence electrons. The summed E-state index contributed by atoms with van der Waals surface area (Å²) in [5, 5.41) is 9.83. The average molecular weight is 269 g/mol. The van der Waals surface area contributed by atoms with Gasteiger partial charge in [0.2, 0.25) is 11.2 Å². The number of hydrogen-bond donors (Lipinski definition) is 1. The zero-order valence-corrected chi connectivity index (χ0v) is 11.2. The van der Waals surface area contributed by atoms with Crippen LogP contribution in [0.15, 0.2) is 21.5 Å². The Hall–Kier alpha value is -1.37. The SMILES string of the molecule is CCO[C@@H]1CN(Cc2cc(=O)c(OC)co2)C[C@H]1O. The molecular weight excluding hydrogens is 250 g/mol. The molecule has 2 rings (SSSR count). The number of β-amino-alcohol motifs (C(OH)–C–C–N with tert-alkyl or cyclic N) is 1. The Morgan fingerprint density at radius 1 is 1.53 bits per heavy atom. The number of methoxy groups -OCH3 is 1. The quantitative estimate of drug-likeness (QED) is 0.825. The summed E-state index contributed by atoms with van der Waals surface area (Å²) in [6.07, 6.45) is 0.643. The minimum Gasteiger partial charge on any atom is -0.490 e. The highest BCUT2D eigenvalue weighted by atomic mass is 16.5. The van der Waals surface area contributed by atoms with E-state index in [9.17, 15) is 9.90 Å². The lowest BCUT2D eigenvalue weighted by Gasteiger charge is -2.14. The van der Waals surface area contributed by atoms with Gasteiger partial charge in [0.05, 0.1) is 25.9 Å². The van der Waals surface area contributed by atoms with Gasteiger partial charge in [-0.25, -0.2) is 0 Å². The topological polar surface area (TPSA) is 72.1 Å². The normalized spacial score (nSPS) is 23.7. The van der Waals surface area contributed by atoms with Gasteiger partial charge in [-0.05, 0) is 6.92 Å². The molecule has 0 unspecified atom stereocenters. The first kappa shape index (κ1) is 14.0. The molecule has 1 aliphatic rings. The number of nitrogens with zero attached hydrogens (tertiary/aromatic N) is 1. The minimum atomic E-state index is -0.495. The van der Waals surface area contributed by atoms with Crippen LogP contribution in [0.25, 0.3) is 0 Å². The van der Waals surface area contributed by atoms with Crippen molar-refractivity contribution in [2.45, 2.75) is 25.7 Å². The van der Waals surface area contributed by atoms with Crippen LogP contribution in [0.3, 0.4) is 0 Å².